The molecule has 0 radical (unpaired) electrons. The van der Waals surface area contributed by atoms with Gasteiger partial charge in [-0.15, -0.1) is 0 Å². The Balaban J connectivity index is 1.68. The van der Waals surface area contributed by atoms with Crippen molar-refractivity contribution in [2.45, 2.75) is 18.9 Å². The van der Waals surface area contributed by atoms with E-state index >= 15 is 0 Å². The van der Waals surface area contributed by atoms with Gasteiger partial charge >= 0.3 is 0 Å². The SMILES string of the molecule is c1cc2nc(NCC3CCCN3)ccn2n1. The van der Waals surface area contributed by atoms with Gasteiger partial charge in [0, 0.05) is 24.8 Å². The first kappa shape index (κ1) is 9.59. The summed E-state index contributed by atoms with van der Waals surface area (Å²) in [6.45, 7) is 2.08. The largest absolute Gasteiger partial charge is 0.368 e. The van der Waals surface area contributed by atoms with Crippen LogP contribution in [0, 0.1) is 0 Å². The monoisotopic (exact) mass is 217 g/mol. The molecule has 1 atom stereocenters. The lowest BCUT2D eigenvalue weighted by Gasteiger charge is -2.11. The van der Waals surface area contributed by atoms with E-state index in [0.717, 1.165) is 24.6 Å². The Kier molecular flexibility index (Phi) is 2.46. The highest BCUT2D eigenvalue weighted by molar-refractivity contribution is 5.45. The van der Waals surface area contributed by atoms with Crippen molar-refractivity contribution in [3.63, 3.8) is 0 Å². The number of hydrogen-bond acceptors (Lipinski definition) is 4. The molecule has 1 aliphatic rings. The molecule has 0 amide bonds. The van der Waals surface area contributed by atoms with Gasteiger partial charge < -0.3 is 10.6 Å². The molecule has 5 heteroatoms. The number of anilines is 1. The molecule has 5 nitrogen and oxygen atoms in total. The van der Waals surface area contributed by atoms with Gasteiger partial charge in [0.15, 0.2) is 5.65 Å². The van der Waals surface area contributed by atoms with Crippen LogP contribution in [-0.4, -0.2) is 33.7 Å². The maximum atomic E-state index is 4.46. The van der Waals surface area contributed by atoms with E-state index < -0.39 is 0 Å². The third-order valence-corrected chi connectivity index (χ3v) is 2.95. The Bertz CT molecular complexity index is 472. The summed E-state index contributed by atoms with van der Waals surface area (Å²) < 4.78 is 1.76. The lowest BCUT2D eigenvalue weighted by atomic mass is 10.2. The van der Waals surface area contributed by atoms with Crippen molar-refractivity contribution in [1.29, 1.82) is 0 Å². The van der Waals surface area contributed by atoms with Gasteiger partial charge in [-0.3, -0.25) is 0 Å². The summed E-state index contributed by atoms with van der Waals surface area (Å²) >= 11 is 0. The van der Waals surface area contributed by atoms with E-state index in [4.69, 9.17) is 0 Å². The average Bonchev–Trinajstić information content (AvgIpc) is 2.97. The molecule has 0 aliphatic carbocycles. The second-order valence-electron chi connectivity index (χ2n) is 4.12. The summed E-state index contributed by atoms with van der Waals surface area (Å²) in [5.41, 5.74) is 0.879. The van der Waals surface area contributed by atoms with Crippen LogP contribution in [0.1, 0.15) is 12.8 Å². The summed E-state index contributed by atoms with van der Waals surface area (Å²) in [4.78, 5) is 4.46. The van der Waals surface area contributed by atoms with Crippen molar-refractivity contribution >= 4 is 11.5 Å². The molecule has 2 aromatic rings. The minimum Gasteiger partial charge on any atom is -0.368 e. The van der Waals surface area contributed by atoms with Crippen LogP contribution in [0.5, 0.6) is 0 Å². The fourth-order valence-corrected chi connectivity index (χ4v) is 2.07. The normalized spacial score (nSPS) is 20.4. The van der Waals surface area contributed by atoms with Crippen molar-refractivity contribution in [1.82, 2.24) is 19.9 Å². The highest BCUT2D eigenvalue weighted by Gasteiger charge is 2.13. The zero-order valence-corrected chi connectivity index (χ0v) is 9.06. The standard InChI is InChI=1S/C11H15N5/c1-2-9(12-5-1)8-13-10-4-7-16-11(15-10)3-6-14-16/h3-4,6-7,9,12H,1-2,5,8H2,(H,13,15). The van der Waals surface area contributed by atoms with Crippen LogP contribution in [0.15, 0.2) is 24.5 Å². The molecule has 3 heterocycles. The van der Waals surface area contributed by atoms with Crippen LogP contribution in [0.2, 0.25) is 0 Å². The number of fused-ring (bicyclic) bond motifs is 1. The van der Waals surface area contributed by atoms with E-state index in [2.05, 4.69) is 20.7 Å². The Morgan fingerprint density at radius 3 is 3.38 bits per heavy atom. The molecular weight excluding hydrogens is 202 g/mol. The molecule has 2 N–H and O–H groups in total. The summed E-state index contributed by atoms with van der Waals surface area (Å²) in [6, 6.07) is 4.44. The second kappa shape index (κ2) is 4.09. The molecule has 16 heavy (non-hydrogen) atoms. The molecule has 0 spiro atoms. The first-order chi connectivity index (χ1) is 7.92. The lowest BCUT2D eigenvalue weighted by molar-refractivity contribution is 0.632. The van der Waals surface area contributed by atoms with Gasteiger partial charge in [0.2, 0.25) is 0 Å². The third kappa shape index (κ3) is 1.86. The fourth-order valence-electron chi connectivity index (χ4n) is 2.07. The van der Waals surface area contributed by atoms with Crippen LogP contribution in [-0.2, 0) is 0 Å². The second-order valence-corrected chi connectivity index (χ2v) is 4.12. The Hall–Kier alpha value is -1.62. The molecule has 0 aromatic carbocycles. The highest BCUT2D eigenvalue weighted by atomic mass is 15.2. The van der Waals surface area contributed by atoms with Crippen LogP contribution >= 0.6 is 0 Å². The molecule has 1 aliphatic heterocycles. The summed E-state index contributed by atoms with van der Waals surface area (Å²) in [5.74, 6) is 0.918. The summed E-state index contributed by atoms with van der Waals surface area (Å²) in [6.07, 6.45) is 6.21. The molecule has 0 bridgehead atoms. The van der Waals surface area contributed by atoms with E-state index in [1.165, 1.54) is 12.8 Å². The number of nitrogens with one attached hydrogen (secondary N) is 2. The van der Waals surface area contributed by atoms with Crippen LogP contribution in [0.4, 0.5) is 5.82 Å². The van der Waals surface area contributed by atoms with Gasteiger partial charge in [-0.2, -0.15) is 5.10 Å². The Morgan fingerprint density at radius 2 is 2.50 bits per heavy atom. The maximum Gasteiger partial charge on any atom is 0.157 e. The predicted molar refractivity (Wildman–Crippen MR) is 62.5 cm³/mol. The first-order valence-corrected chi connectivity index (χ1v) is 5.69. The minimum absolute atomic E-state index is 0.586. The van der Waals surface area contributed by atoms with E-state index in [9.17, 15) is 0 Å². The molecule has 0 saturated carbocycles. The van der Waals surface area contributed by atoms with Gasteiger partial charge in [-0.25, -0.2) is 9.50 Å². The molecule has 2 aromatic heterocycles. The summed E-state index contributed by atoms with van der Waals surface area (Å²) in [5, 5.41) is 10.9. The number of nitrogens with zero attached hydrogens (tertiary/aromatic N) is 3. The number of aromatic nitrogens is 3. The maximum absolute atomic E-state index is 4.46. The smallest absolute Gasteiger partial charge is 0.157 e. The Morgan fingerprint density at radius 1 is 1.50 bits per heavy atom. The third-order valence-electron chi connectivity index (χ3n) is 2.95. The zero-order valence-electron chi connectivity index (χ0n) is 9.06. The molecule has 3 rings (SSSR count). The van der Waals surface area contributed by atoms with Gasteiger partial charge in [-0.05, 0) is 25.5 Å². The average molecular weight is 217 g/mol. The van der Waals surface area contributed by atoms with E-state index in [-0.39, 0.29) is 0 Å². The zero-order chi connectivity index (χ0) is 10.8. The van der Waals surface area contributed by atoms with E-state index in [1.807, 2.05) is 18.3 Å². The van der Waals surface area contributed by atoms with Crippen molar-refractivity contribution < 1.29 is 0 Å². The molecule has 1 fully saturated rings. The number of hydrogen-bond donors (Lipinski definition) is 2. The summed E-state index contributed by atoms with van der Waals surface area (Å²) in [7, 11) is 0. The van der Waals surface area contributed by atoms with E-state index in [0.29, 0.717) is 6.04 Å². The van der Waals surface area contributed by atoms with Crippen LogP contribution < -0.4 is 10.6 Å². The van der Waals surface area contributed by atoms with Crippen molar-refractivity contribution in [2.75, 3.05) is 18.4 Å². The fraction of sp³-hybridized carbons (Fsp3) is 0.455. The van der Waals surface area contributed by atoms with Crippen molar-refractivity contribution in [3.05, 3.63) is 24.5 Å². The van der Waals surface area contributed by atoms with E-state index in [1.54, 1.807) is 10.7 Å². The highest BCUT2D eigenvalue weighted by Crippen LogP contribution is 2.08. The lowest BCUT2D eigenvalue weighted by Crippen LogP contribution is -2.29. The molecule has 84 valence electrons. The molecule has 1 saturated heterocycles. The Labute approximate surface area is 93.9 Å². The topological polar surface area (TPSA) is 54.2 Å². The minimum atomic E-state index is 0.586. The number of rotatable bonds is 3. The van der Waals surface area contributed by atoms with Gasteiger partial charge in [0.05, 0.1) is 6.20 Å². The van der Waals surface area contributed by atoms with Gasteiger partial charge in [0.1, 0.15) is 5.82 Å². The van der Waals surface area contributed by atoms with Gasteiger partial charge in [0.25, 0.3) is 0 Å². The van der Waals surface area contributed by atoms with Crippen LogP contribution in [0.25, 0.3) is 5.65 Å². The quantitative estimate of drug-likeness (QED) is 0.802. The van der Waals surface area contributed by atoms with Crippen LogP contribution in [0.3, 0.4) is 0 Å². The van der Waals surface area contributed by atoms with Gasteiger partial charge in [-0.1, -0.05) is 0 Å². The van der Waals surface area contributed by atoms with Crippen molar-refractivity contribution in [2.24, 2.45) is 0 Å². The predicted octanol–water partition coefficient (Wildman–Crippen LogP) is 0.893. The first-order valence-electron chi connectivity index (χ1n) is 5.69. The van der Waals surface area contributed by atoms with Crippen molar-refractivity contribution in [3.8, 4) is 0 Å². The molecule has 1 unspecified atom stereocenters. The molecular formula is C11H15N5.